The molecule has 128 valence electrons. The molecule has 2 aromatic rings. The number of carbonyl (C=O) groups excluding carboxylic acids is 1. The standard InChI is InChI=1S/C17H22BrN5O/c1-13(14-2-4-15(18)5-3-14)21-17(24)10-22-8-6-16(7-9-22)23-12-19-11-20-23/h2-5,11-13,16H,6-10H2,1H3,(H,21,24). The second kappa shape index (κ2) is 7.90. The van der Waals surface area contributed by atoms with Crippen molar-refractivity contribution >= 4 is 21.8 Å². The van der Waals surface area contributed by atoms with Crippen LogP contribution >= 0.6 is 15.9 Å². The predicted molar refractivity (Wildman–Crippen MR) is 95.4 cm³/mol. The molecule has 2 heterocycles. The fourth-order valence-electron chi connectivity index (χ4n) is 3.07. The summed E-state index contributed by atoms with van der Waals surface area (Å²) in [5.41, 5.74) is 1.11. The van der Waals surface area contributed by atoms with Gasteiger partial charge in [0.05, 0.1) is 18.6 Å². The Labute approximate surface area is 150 Å². The lowest BCUT2D eigenvalue weighted by Crippen LogP contribution is -2.42. The van der Waals surface area contributed by atoms with E-state index < -0.39 is 0 Å². The molecule has 1 N–H and O–H groups in total. The van der Waals surface area contributed by atoms with Gasteiger partial charge in [0.15, 0.2) is 0 Å². The lowest BCUT2D eigenvalue weighted by Gasteiger charge is -2.31. The van der Waals surface area contributed by atoms with Crippen LogP contribution in [0.4, 0.5) is 0 Å². The van der Waals surface area contributed by atoms with E-state index in [0.29, 0.717) is 12.6 Å². The Morgan fingerprint density at radius 1 is 1.33 bits per heavy atom. The highest BCUT2D eigenvalue weighted by molar-refractivity contribution is 9.10. The van der Waals surface area contributed by atoms with E-state index >= 15 is 0 Å². The number of halogens is 1. The summed E-state index contributed by atoms with van der Waals surface area (Å²) < 4.78 is 2.97. The van der Waals surface area contributed by atoms with Gasteiger partial charge < -0.3 is 5.32 Å². The van der Waals surface area contributed by atoms with Crippen molar-refractivity contribution in [3.63, 3.8) is 0 Å². The fourth-order valence-corrected chi connectivity index (χ4v) is 3.34. The van der Waals surface area contributed by atoms with Gasteiger partial charge in [-0.2, -0.15) is 5.10 Å². The molecule has 1 aromatic heterocycles. The molecule has 1 atom stereocenters. The minimum atomic E-state index is 0.0123. The first-order chi connectivity index (χ1) is 11.6. The summed E-state index contributed by atoms with van der Waals surface area (Å²) in [5, 5.41) is 7.29. The van der Waals surface area contributed by atoms with Gasteiger partial charge in [0, 0.05) is 17.6 Å². The summed E-state index contributed by atoms with van der Waals surface area (Å²) in [7, 11) is 0. The van der Waals surface area contributed by atoms with Crippen LogP contribution in [0.1, 0.15) is 37.4 Å². The minimum Gasteiger partial charge on any atom is -0.348 e. The summed E-state index contributed by atoms with van der Waals surface area (Å²) in [4.78, 5) is 18.5. The zero-order chi connectivity index (χ0) is 16.9. The lowest BCUT2D eigenvalue weighted by molar-refractivity contribution is -0.123. The first-order valence-corrected chi connectivity index (χ1v) is 9.02. The van der Waals surface area contributed by atoms with Gasteiger partial charge in [0.1, 0.15) is 12.7 Å². The van der Waals surface area contributed by atoms with E-state index in [1.807, 2.05) is 35.9 Å². The van der Waals surface area contributed by atoms with E-state index in [2.05, 4.69) is 36.2 Å². The topological polar surface area (TPSA) is 63.1 Å². The van der Waals surface area contributed by atoms with Gasteiger partial charge in [0.2, 0.25) is 5.91 Å². The van der Waals surface area contributed by atoms with Gasteiger partial charge >= 0.3 is 0 Å². The SMILES string of the molecule is CC(NC(=O)CN1CCC(n2cncn2)CC1)c1ccc(Br)cc1. The van der Waals surface area contributed by atoms with E-state index in [9.17, 15) is 4.79 Å². The Morgan fingerprint density at radius 3 is 2.67 bits per heavy atom. The molecular weight excluding hydrogens is 370 g/mol. The molecule has 1 aliphatic rings. The molecule has 24 heavy (non-hydrogen) atoms. The van der Waals surface area contributed by atoms with Crippen LogP contribution in [0.5, 0.6) is 0 Å². The molecule has 0 saturated carbocycles. The third-order valence-corrected chi connectivity index (χ3v) is 5.01. The number of rotatable bonds is 5. The highest BCUT2D eigenvalue weighted by atomic mass is 79.9. The molecular formula is C17H22BrN5O. The Hall–Kier alpha value is -1.73. The van der Waals surface area contributed by atoms with Crippen molar-refractivity contribution in [1.29, 1.82) is 0 Å². The van der Waals surface area contributed by atoms with Crippen LogP contribution in [-0.2, 0) is 4.79 Å². The number of benzene rings is 1. The monoisotopic (exact) mass is 391 g/mol. The van der Waals surface area contributed by atoms with E-state index in [1.54, 1.807) is 12.7 Å². The zero-order valence-electron chi connectivity index (χ0n) is 13.7. The average molecular weight is 392 g/mol. The van der Waals surface area contributed by atoms with Gasteiger partial charge in [-0.1, -0.05) is 28.1 Å². The minimum absolute atomic E-state index is 0.0123. The Kier molecular flexibility index (Phi) is 5.63. The van der Waals surface area contributed by atoms with Crippen molar-refractivity contribution in [2.45, 2.75) is 31.8 Å². The van der Waals surface area contributed by atoms with Gasteiger partial charge in [-0.05, 0) is 37.5 Å². The molecule has 0 bridgehead atoms. The van der Waals surface area contributed by atoms with Crippen molar-refractivity contribution in [3.8, 4) is 0 Å². The van der Waals surface area contributed by atoms with Crippen molar-refractivity contribution in [3.05, 3.63) is 47.0 Å². The van der Waals surface area contributed by atoms with Gasteiger partial charge in [-0.25, -0.2) is 9.67 Å². The summed E-state index contributed by atoms with van der Waals surface area (Å²) >= 11 is 3.43. The van der Waals surface area contributed by atoms with Crippen molar-refractivity contribution in [2.24, 2.45) is 0 Å². The molecule has 6 nitrogen and oxygen atoms in total. The maximum Gasteiger partial charge on any atom is 0.234 e. The predicted octanol–water partition coefficient (Wildman–Crippen LogP) is 2.55. The number of hydrogen-bond acceptors (Lipinski definition) is 4. The number of hydrogen-bond donors (Lipinski definition) is 1. The van der Waals surface area contributed by atoms with Crippen LogP contribution in [0.25, 0.3) is 0 Å². The van der Waals surface area contributed by atoms with Crippen LogP contribution in [0.2, 0.25) is 0 Å². The number of nitrogens with zero attached hydrogens (tertiary/aromatic N) is 4. The lowest BCUT2D eigenvalue weighted by atomic mass is 10.1. The molecule has 1 amide bonds. The van der Waals surface area contributed by atoms with Crippen LogP contribution in [-0.4, -0.2) is 45.2 Å². The van der Waals surface area contributed by atoms with Crippen molar-refractivity contribution in [2.75, 3.05) is 19.6 Å². The van der Waals surface area contributed by atoms with Gasteiger partial charge in [-0.3, -0.25) is 9.69 Å². The summed E-state index contributed by atoms with van der Waals surface area (Å²) in [6.07, 6.45) is 5.34. The Bertz CT molecular complexity index is 650. The van der Waals surface area contributed by atoms with E-state index in [-0.39, 0.29) is 11.9 Å². The van der Waals surface area contributed by atoms with Gasteiger partial charge in [-0.15, -0.1) is 0 Å². The van der Waals surface area contributed by atoms with E-state index in [0.717, 1.165) is 36.0 Å². The van der Waals surface area contributed by atoms with Crippen LogP contribution in [0.15, 0.2) is 41.4 Å². The second-order valence-electron chi connectivity index (χ2n) is 6.22. The first-order valence-electron chi connectivity index (χ1n) is 8.23. The first kappa shape index (κ1) is 17.1. The number of piperidine rings is 1. The maximum atomic E-state index is 12.3. The average Bonchev–Trinajstić information content (AvgIpc) is 3.10. The molecule has 0 aliphatic carbocycles. The quantitative estimate of drug-likeness (QED) is 0.850. The normalized spacial score (nSPS) is 17.6. The number of nitrogens with one attached hydrogen (secondary N) is 1. The summed E-state index contributed by atoms with van der Waals surface area (Å²) in [5.74, 6) is 0.0737. The molecule has 7 heteroatoms. The third kappa shape index (κ3) is 4.42. The second-order valence-corrected chi connectivity index (χ2v) is 7.14. The highest BCUT2D eigenvalue weighted by Gasteiger charge is 2.22. The largest absolute Gasteiger partial charge is 0.348 e. The smallest absolute Gasteiger partial charge is 0.234 e. The molecule has 1 fully saturated rings. The number of likely N-dealkylation sites (tertiary alicyclic amines) is 1. The molecule has 3 rings (SSSR count). The molecule has 0 radical (unpaired) electrons. The fraction of sp³-hybridized carbons (Fsp3) is 0.471. The third-order valence-electron chi connectivity index (χ3n) is 4.48. The van der Waals surface area contributed by atoms with Gasteiger partial charge in [0.25, 0.3) is 0 Å². The Morgan fingerprint density at radius 2 is 2.04 bits per heavy atom. The zero-order valence-corrected chi connectivity index (χ0v) is 15.3. The number of amides is 1. The number of aromatic nitrogens is 3. The molecule has 1 unspecified atom stereocenters. The maximum absolute atomic E-state index is 12.3. The molecule has 0 spiro atoms. The van der Waals surface area contributed by atoms with E-state index in [1.165, 1.54) is 0 Å². The van der Waals surface area contributed by atoms with Crippen molar-refractivity contribution < 1.29 is 4.79 Å². The van der Waals surface area contributed by atoms with Crippen LogP contribution in [0.3, 0.4) is 0 Å². The van der Waals surface area contributed by atoms with Crippen LogP contribution < -0.4 is 5.32 Å². The highest BCUT2D eigenvalue weighted by Crippen LogP contribution is 2.21. The van der Waals surface area contributed by atoms with E-state index in [4.69, 9.17) is 0 Å². The summed E-state index contributed by atoms with van der Waals surface area (Å²) in [6, 6.07) is 8.45. The number of carbonyl (C=O) groups is 1. The van der Waals surface area contributed by atoms with Crippen LogP contribution in [0, 0.1) is 0 Å². The summed E-state index contributed by atoms with van der Waals surface area (Å²) in [6.45, 7) is 4.28. The van der Waals surface area contributed by atoms with Crippen molar-refractivity contribution in [1.82, 2.24) is 25.0 Å². The Balaban J connectivity index is 1.45. The molecule has 1 saturated heterocycles. The molecule has 1 aliphatic heterocycles. The molecule has 1 aromatic carbocycles.